The van der Waals surface area contributed by atoms with Gasteiger partial charge in [0.25, 0.3) is 15.1 Å². The second kappa shape index (κ2) is 6.33. The van der Waals surface area contributed by atoms with E-state index in [4.69, 9.17) is 0 Å². The lowest BCUT2D eigenvalue weighted by Gasteiger charge is -2.10. The van der Waals surface area contributed by atoms with Gasteiger partial charge in [-0.25, -0.2) is 9.49 Å². The van der Waals surface area contributed by atoms with Crippen LogP contribution in [0.1, 0.15) is 5.69 Å². The van der Waals surface area contributed by atoms with Gasteiger partial charge in [-0.15, -0.1) is 4.09 Å². The fourth-order valence-electron chi connectivity index (χ4n) is 2.45. The SMILES string of the molecule is Cc1c(Br)c2ccc(F)cc2n1-c1nc(=S(=O)=O)n(S(=O)(=O)N(C)C)[nH]1. The normalized spacial score (nSPS) is 12.2. The van der Waals surface area contributed by atoms with Gasteiger partial charge in [-0.05, 0) is 41.1 Å². The Morgan fingerprint density at radius 3 is 2.54 bits per heavy atom. The molecule has 26 heavy (non-hydrogen) atoms. The van der Waals surface area contributed by atoms with Crippen LogP contribution in [0.25, 0.3) is 16.9 Å². The van der Waals surface area contributed by atoms with E-state index in [0.717, 1.165) is 4.31 Å². The summed E-state index contributed by atoms with van der Waals surface area (Å²) >= 11 is 3.40. The van der Waals surface area contributed by atoms with E-state index in [0.29, 0.717) is 25.2 Å². The lowest BCUT2D eigenvalue weighted by atomic mass is 10.2. The first-order valence-electron chi connectivity index (χ1n) is 7.06. The van der Waals surface area contributed by atoms with Crippen LogP contribution in [0.15, 0.2) is 22.7 Å². The fraction of sp³-hybridized carbons (Fsp3) is 0.231. The average Bonchev–Trinajstić information content (AvgIpc) is 3.08. The van der Waals surface area contributed by atoms with E-state index in [2.05, 4.69) is 26.0 Å². The second-order valence-corrected chi connectivity index (χ2v) is 9.13. The van der Waals surface area contributed by atoms with Crippen LogP contribution in [0.4, 0.5) is 4.39 Å². The Morgan fingerprint density at radius 2 is 1.96 bits per heavy atom. The molecule has 3 rings (SSSR count). The highest BCUT2D eigenvalue weighted by Gasteiger charge is 2.23. The number of rotatable bonds is 3. The Labute approximate surface area is 157 Å². The molecule has 0 aliphatic rings. The minimum absolute atomic E-state index is 0.0894. The van der Waals surface area contributed by atoms with Crippen molar-refractivity contribution < 1.29 is 21.2 Å². The summed E-state index contributed by atoms with van der Waals surface area (Å²) in [6.07, 6.45) is 0. The van der Waals surface area contributed by atoms with Gasteiger partial charge >= 0.3 is 10.2 Å². The first kappa shape index (κ1) is 18.8. The highest BCUT2D eigenvalue weighted by molar-refractivity contribution is 9.10. The largest absolute Gasteiger partial charge is 0.323 e. The van der Waals surface area contributed by atoms with Gasteiger partial charge in [0.05, 0.1) is 5.52 Å². The summed E-state index contributed by atoms with van der Waals surface area (Å²) in [6, 6.07) is 4.08. The molecule has 0 saturated carbocycles. The summed E-state index contributed by atoms with van der Waals surface area (Å²) in [6.45, 7) is 1.70. The van der Waals surface area contributed by atoms with Crippen LogP contribution in [0.2, 0.25) is 0 Å². The third-order valence-electron chi connectivity index (χ3n) is 3.72. The highest BCUT2D eigenvalue weighted by Crippen LogP contribution is 2.32. The molecular weight excluding hydrogens is 453 g/mol. The number of hydrogen-bond acceptors (Lipinski definition) is 5. The molecule has 0 aliphatic carbocycles. The summed E-state index contributed by atoms with van der Waals surface area (Å²) in [5.74, 6) is -0.592. The fourth-order valence-corrected chi connectivity index (χ4v) is 4.53. The smallest absolute Gasteiger partial charge is 0.282 e. The zero-order valence-electron chi connectivity index (χ0n) is 13.7. The number of aromatic nitrogens is 4. The molecule has 0 spiro atoms. The van der Waals surface area contributed by atoms with Gasteiger partial charge in [-0.2, -0.15) is 26.1 Å². The zero-order valence-corrected chi connectivity index (χ0v) is 16.9. The van der Waals surface area contributed by atoms with Crippen LogP contribution in [-0.2, 0) is 20.5 Å². The molecule has 0 unspecified atom stereocenters. The minimum atomic E-state index is -4.17. The van der Waals surface area contributed by atoms with E-state index in [1.165, 1.54) is 30.8 Å². The van der Waals surface area contributed by atoms with Crippen molar-refractivity contribution in [3.8, 4) is 5.95 Å². The first-order chi connectivity index (χ1) is 12.1. The van der Waals surface area contributed by atoms with E-state index in [-0.39, 0.29) is 5.95 Å². The zero-order chi connectivity index (χ0) is 19.4. The molecule has 3 aromatic rings. The van der Waals surface area contributed by atoms with Crippen LogP contribution in [0.5, 0.6) is 0 Å². The van der Waals surface area contributed by atoms with Crippen LogP contribution in [0, 0.1) is 17.5 Å². The topological polar surface area (TPSA) is 110 Å². The third kappa shape index (κ3) is 2.80. The number of halogens is 2. The summed E-state index contributed by atoms with van der Waals surface area (Å²) in [7, 11) is -4.59. The van der Waals surface area contributed by atoms with Crippen molar-refractivity contribution in [3.05, 3.63) is 39.0 Å². The van der Waals surface area contributed by atoms with E-state index >= 15 is 0 Å². The Balaban J connectivity index is 2.45. The van der Waals surface area contributed by atoms with E-state index in [1.54, 1.807) is 13.0 Å². The van der Waals surface area contributed by atoms with Crippen LogP contribution >= 0.6 is 15.9 Å². The molecule has 0 bridgehead atoms. The Morgan fingerprint density at radius 1 is 1.31 bits per heavy atom. The number of fused-ring (bicyclic) bond motifs is 1. The summed E-state index contributed by atoms with van der Waals surface area (Å²) in [5.41, 5.74) is 0.970. The van der Waals surface area contributed by atoms with Gasteiger partial charge in [0.1, 0.15) is 5.82 Å². The van der Waals surface area contributed by atoms with Crippen LogP contribution in [0.3, 0.4) is 0 Å². The van der Waals surface area contributed by atoms with Crippen molar-refractivity contribution >= 4 is 47.3 Å². The van der Waals surface area contributed by atoms with Gasteiger partial charge in [-0.1, -0.05) is 0 Å². The van der Waals surface area contributed by atoms with E-state index in [1.807, 2.05) is 0 Å². The molecule has 13 heteroatoms. The van der Waals surface area contributed by atoms with Gasteiger partial charge in [0.15, 0.2) is 0 Å². The molecule has 0 fully saturated rings. The van der Waals surface area contributed by atoms with E-state index < -0.39 is 31.1 Å². The van der Waals surface area contributed by atoms with Gasteiger partial charge in [0, 0.05) is 29.6 Å². The van der Waals surface area contributed by atoms with Crippen molar-refractivity contribution in [2.24, 2.45) is 0 Å². The standard InChI is InChI=1S/C13H13BrFN5O4S2/c1-7-11(14)9-5-4-8(15)6-10(9)19(7)12-16-13(25(21)22)20(17-12)26(23,24)18(2)3/h4-6H,1-3H3,(H,16,17). The summed E-state index contributed by atoms with van der Waals surface area (Å²) in [4.78, 5) is 3.89. The number of benzene rings is 1. The Hall–Kier alpha value is -1.96. The Bertz CT molecular complexity index is 1310. The predicted octanol–water partition coefficient (Wildman–Crippen LogP) is 1.43. The monoisotopic (exact) mass is 465 g/mol. The maximum absolute atomic E-state index is 13.7. The molecule has 0 saturated heterocycles. The average molecular weight is 466 g/mol. The quantitative estimate of drug-likeness (QED) is 0.588. The van der Waals surface area contributed by atoms with Crippen LogP contribution in [-0.4, -0.2) is 54.0 Å². The van der Waals surface area contributed by atoms with Crippen LogP contribution < -0.4 is 0 Å². The van der Waals surface area contributed by atoms with Gasteiger partial charge in [-0.3, -0.25) is 4.57 Å². The molecule has 0 amide bonds. The molecule has 2 aromatic heterocycles. The molecule has 0 radical (unpaired) electrons. The van der Waals surface area contributed by atoms with Crippen molar-refractivity contribution in [1.82, 2.24) is 23.0 Å². The van der Waals surface area contributed by atoms with Gasteiger partial charge < -0.3 is 0 Å². The molecule has 0 aliphatic heterocycles. The summed E-state index contributed by atoms with van der Waals surface area (Å²) in [5, 5.41) is 3.13. The molecular formula is C13H13BrFN5O4S2. The highest BCUT2D eigenvalue weighted by atomic mass is 79.9. The van der Waals surface area contributed by atoms with Gasteiger partial charge in [0.2, 0.25) is 5.95 Å². The van der Waals surface area contributed by atoms with Crippen molar-refractivity contribution in [2.45, 2.75) is 6.92 Å². The molecule has 1 N–H and O–H groups in total. The van der Waals surface area contributed by atoms with Crippen molar-refractivity contribution in [1.29, 1.82) is 0 Å². The number of aromatic amines is 1. The second-order valence-electron chi connectivity index (χ2n) is 5.52. The molecule has 140 valence electrons. The minimum Gasteiger partial charge on any atom is -0.282 e. The predicted molar refractivity (Wildman–Crippen MR) is 96.0 cm³/mol. The maximum Gasteiger partial charge on any atom is 0.323 e. The lowest BCUT2D eigenvalue weighted by molar-refractivity contribution is 0.502. The number of nitrogens with one attached hydrogen (secondary N) is 1. The maximum atomic E-state index is 13.7. The number of nitrogens with zero attached hydrogens (tertiary/aromatic N) is 4. The van der Waals surface area contributed by atoms with E-state index in [9.17, 15) is 21.2 Å². The molecule has 2 heterocycles. The number of hydrogen-bond donors (Lipinski definition) is 1. The number of H-pyrrole nitrogens is 1. The molecule has 9 nitrogen and oxygen atoms in total. The lowest BCUT2D eigenvalue weighted by Crippen LogP contribution is -2.30. The molecule has 0 atom stereocenters. The summed E-state index contributed by atoms with van der Waals surface area (Å²) < 4.78 is 64.1. The molecule has 1 aromatic carbocycles. The van der Waals surface area contributed by atoms with Crippen molar-refractivity contribution in [2.75, 3.05) is 14.1 Å². The van der Waals surface area contributed by atoms with Crippen molar-refractivity contribution in [3.63, 3.8) is 0 Å². The third-order valence-corrected chi connectivity index (χ3v) is 7.06. The first-order valence-corrected chi connectivity index (χ1v) is 10.3. The Kier molecular flexibility index (Phi) is 4.58.